The molecule has 2 N–H and O–H groups in total. The molecule has 0 atom stereocenters. The maximum absolute atomic E-state index is 12.0. The molecular formula is C12H15NO6S2. The second-order valence-electron chi connectivity index (χ2n) is 4.27. The highest BCUT2D eigenvalue weighted by atomic mass is 32.2. The van der Waals surface area contributed by atoms with Gasteiger partial charge in [-0.05, 0) is 23.8 Å². The molecule has 0 unspecified atom stereocenters. The Bertz CT molecular complexity index is 750. The smallest absolute Gasteiger partial charge is 0.328 e. The second kappa shape index (κ2) is 6.83. The van der Waals surface area contributed by atoms with Gasteiger partial charge in [-0.15, -0.1) is 0 Å². The van der Waals surface area contributed by atoms with E-state index in [2.05, 4.69) is 4.72 Å². The Balaban J connectivity index is 2.88. The summed E-state index contributed by atoms with van der Waals surface area (Å²) in [7, 11) is -7.10. The minimum absolute atomic E-state index is 0.0662. The number of hydrogen-bond acceptors (Lipinski definition) is 5. The van der Waals surface area contributed by atoms with Crippen LogP contribution in [0.3, 0.4) is 0 Å². The molecule has 116 valence electrons. The van der Waals surface area contributed by atoms with Gasteiger partial charge < -0.3 is 5.11 Å². The van der Waals surface area contributed by atoms with Gasteiger partial charge in [0, 0.05) is 18.9 Å². The number of benzene rings is 1. The monoisotopic (exact) mass is 333 g/mol. The summed E-state index contributed by atoms with van der Waals surface area (Å²) in [5, 5.41) is 8.52. The van der Waals surface area contributed by atoms with Crippen molar-refractivity contribution in [3.05, 3.63) is 35.9 Å². The summed E-state index contributed by atoms with van der Waals surface area (Å²) in [5.74, 6) is -1.44. The fraction of sp³-hybridized carbons (Fsp3) is 0.250. The Morgan fingerprint density at radius 3 is 2.52 bits per heavy atom. The van der Waals surface area contributed by atoms with Crippen LogP contribution >= 0.6 is 0 Å². The van der Waals surface area contributed by atoms with Crippen LogP contribution < -0.4 is 4.72 Å². The topological polar surface area (TPSA) is 118 Å². The quantitative estimate of drug-likeness (QED) is 0.684. The number of aliphatic carboxylic acids is 1. The summed E-state index contributed by atoms with van der Waals surface area (Å²) in [6, 6.07) is 5.64. The van der Waals surface area contributed by atoms with E-state index in [9.17, 15) is 21.6 Å². The van der Waals surface area contributed by atoms with Crippen molar-refractivity contribution in [1.29, 1.82) is 0 Å². The van der Waals surface area contributed by atoms with E-state index < -0.39 is 25.8 Å². The molecular weight excluding hydrogens is 318 g/mol. The van der Waals surface area contributed by atoms with E-state index in [-0.39, 0.29) is 17.2 Å². The molecule has 0 saturated carbocycles. The first-order valence-corrected chi connectivity index (χ1v) is 9.33. The lowest BCUT2D eigenvalue weighted by Crippen LogP contribution is -2.28. The van der Waals surface area contributed by atoms with Crippen molar-refractivity contribution >= 4 is 31.9 Å². The van der Waals surface area contributed by atoms with Gasteiger partial charge in [0.15, 0.2) is 0 Å². The molecule has 0 bridgehead atoms. The van der Waals surface area contributed by atoms with E-state index in [1.807, 2.05) is 0 Å². The highest BCUT2D eigenvalue weighted by molar-refractivity contribution is 7.91. The zero-order valence-corrected chi connectivity index (χ0v) is 12.8. The molecule has 0 heterocycles. The normalized spacial score (nSPS) is 12.6. The van der Waals surface area contributed by atoms with Gasteiger partial charge in [0.25, 0.3) is 0 Å². The minimum Gasteiger partial charge on any atom is -0.478 e. The van der Waals surface area contributed by atoms with Crippen molar-refractivity contribution in [2.24, 2.45) is 0 Å². The molecule has 0 fully saturated rings. The van der Waals surface area contributed by atoms with Gasteiger partial charge in [0.05, 0.1) is 10.6 Å². The van der Waals surface area contributed by atoms with E-state index in [0.717, 1.165) is 12.3 Å². The highest BCUT2D eigenvalue weighted by Gasteiger charge is 2.14. The van der Waals surface area contributed by atoms with Crippen molar-refractivity contribution in [2.75, 3.05) is 18.6 Å². The lowest BCUT2D eigenvalue weighted by atomic mass is 10.2. The molecule has 0 aliphatic carbocycles. The van der Waals surface area contributed by atoms with Crippen molar-refractivity contribution in [2.45, 2.75) is 4.90 Å². The summed E-state index contributed by atoms with van der Waals surface area (Å²) in [4.78, 5) is 10.3. The van der Waals surface area contributed by atoms with Crippen LogP contribution in [0, 0.1) is 0 Å². The van der Waals surface area contributed by atoms with Crippen LogP contribution in [-0.2, 0) is 24.7 Å². The lowest BCUT2D eigenvalue weighted by Gasteiger charge is -2.06. The zero-order valence-electron chi connectivity index (χ0n) is 11.2. The Labute approximate surface area is 123 Å². The maximum atomic E-state index is 12.0. The summed E-state index contributed by atoms with van der Waals surface area (Å²) in [6.45, 7) is -0.226. The van der Waals surface area contributed by atoms with Crippen molar-refractivity contribution < 1.29 is 26.7 Å². The van der Waals surface area contributed by atoms with Crippen molar-refractivity contribution in [3.63, 3.8) is 0 Å². The molecule has 0 radical (unpaired) electrons. The Kier molecular flexibility index (Phi) is 5.64. The third kappa shape index (κ3) is 6.52. The number of sulfone groups is 1. The summed E-state index contributed by atoms with van der Waals surface area (Å²) >= 11 is 0. The number of sulfonamides is 1. The molecule has 1 aromatic rings. The molecule has 7 nitrogen and oxygen atoms in total. The molecule has 0 amide bonds. The van der Waals surface area contributed by atoms with Crippen molar-refractivity contribution in [3.8, 4) is 0 Å². The number of carboxylic acid groups (broad SMARTS) is 1. The molecule has 0 aliphatic rings. The summed E-state index contributed by atoms with van der Waals surface area (Å²) in [5.41, 5.74) is 0.406. The van der Waals surface area contributed by atoms with E-state index in [0.29, 0.717) is 5.56 Å². The van der Waals surface area contributed by atoms with Gasteiger partial charge in [0.2, 0.25) is 10.0 Å². The number of hydrogen-bond donors (Lipinski definition) is 2. The molecule has 0 aliphatic heterocycles. The largest absolute Gasteiger partial charge is 0.478 e. The molecule has 0 aromatic heterocycles. The van der Waals surface area contributed by atoms with Crippen LogP contribution in [0.4, 0.5) is 0 Å². The van der Waals surface area contributed by atoms with Crippen LogP contribution in [0.15, 0.2) is 35.2 Å². The Morgan fingerprint density at radius 2 is 1.95 bits per heavy atom. The molecule has 0 saturated heterocycles. The van der Waals surface area contributed by atoms with E-state index >= 15 is 0 Å². The van der Waals surface area contributed by atoms with Gasteiger partial charge in [-0.3, -0.25) is 0 Å². The van der Waals surface area contributed by atoms with Crippen LogP contribution in [0.2, 0.25) is 0 Å². The van der Waals surface area contributed by atoms with Gasteiger partial charge in [-0.25, -0.2) is 26.4 Å². The molecule has 21 heavy (non-hydrogen) atoms. The Morgan fingerprint density at radius 1 is 1.29 bits per heavy atom. The predicted octanol–water partition coefficient (Wildman–Crippen LogP) is 0.107. The first-order chi connectivity index (χ1) is 9.60. The minimum atomic E-state index is -3.84. The molecule has 1 aromatic carbocycles. The third-order valence-electron chi connectivity index (χ3n) is 2.35. The van der Waals surface area contributed by atoms with Crippen LogP contribution in [0.25, 0.3) is 6.08 Å². The van der Waals surface area contributed by atoms with E-state index in [1.54, 1.807) is 6.07 Å². The van der Waals surface area contributed by atoms with Crippen LogP contribution in [-0.4, -0.2) is 46.5 Å². The fourth-order valence-electron chi connectivity index (χ4n) is 1.40. The number of carboxylic acids is 1. The van der Waals surface area contributed by atoms with Crippen molar-refractivity contribution in [1.82, 2.24) is 4.72 Å². The molecule has 0 spiro atoms. The second-order valence-corrected chi connectivity index (χ2v) is 8.30. The number of rotatable bonds is 7. The van der Waals surface area contributed by atoms with E-state index in [4.69, 9.17) is 5.11 Å². The zero-order chi connectivity index (χ0) is 16.1. The first-order valence-electron chi connectivity index (χ1n) is 5.79. The van der Waals surface area contributed by atoms with Crippen LogP contribution in [0.1, 0.15) is 5.56 Å². The predicted molar refractivity (Wildman–Crippen MR) is 78.0 cm³/mol. The average Bonchev–Trinajstić information content (AvgIpc) is 2.35. The van der Waals surface area contributed by atoms with Gasteiger partial charge >= 0.3 is 5.97 Å². The van der Waals surface area contributed by atoms with Gasteiger partial charge in [-0.1, -0.05) is 12.1 Å². The molecule has 9 heteroatoms. The van der Waals surface area contributed by atoms with Gasteiger partial charge in [-0.2, -0.15) is 0 Å². The first kappa shape index (κ1) is 17.3. The van der Waals surface area contributed by atoms with Crippen LogP contribution in [0.5, 0.6) is 0 Å². The molecule has 1 rings (SSSR count). The fourth-order valence-corrected chi connectivity index (χ4v) is 3.09. The third-order valence-corrected chi connectivity index (χ3v) is 4.76. The maximum Gasteiger partial charge on any atom is 0.328 e. The van der Waals surface area contributed by atoms with E-state index in [1.165, 1.54) is 24.3 Å². The lowest BCUT2D eigenvalue weighted by molar-refractivity contribution is -0.131. The number of carbonyl (C=O) groups is 1. The highest BCUT2D eigenvalue weighted by Crippen LogP contribution is 2.12. The summed E-state index contributed by atoms with van der Waals surface area (Å²) < 4.78 is 48.0. The standard InChI is InChI=1S/C12H15NO6S2/c1-20(16,17)8-7-13-21(18,19)11-4-2-3-10(9-11)5-6-12(14)15/h2-6,9,13H,7-8H2,1H3,(H,14,15). The SMILES string of the molecule is CS(=O)(=O)CCNS(=O)(=O)c1cccc(C=CC(=O)O)c1. The summed E-state index contributed by atoms with van der Waals surface area (Å²) in [6.07, 6.45) is 3.17. The Hall–Kier alpha value is -1.71. The number of nitrogens with one attached hydrogen (secondary N) is 1. The van der Waals surface area contributed by atoms with Gasteiger partial charge in [0.1, 0.15) is 9.84 Å². The average molecular weight is 333 g/mol.